The van der Waals surface area contributed by atoms with Crippen LogP contribution < -0.4 is 5.73 Å². The summed E-state index contributed by atoms with van der Waals surface area (Å²) in [5.41, 5.74) is 7.78. The Morgan fingerprint density at radius 2 is 1.85 bits per heavy atom. The monoisotopic (exact) mass is 276 g/mol. The minimum Gasteiger partial charge on any atom is -0.481 e. The van der Waals surface area contributed by atoms with Crippen LogP contribution in [0, 0.1) is 5.92 Å². The first-order chi connectivity index (χ1) is 9.56. The molecule has 4 nitrogen and oxygen atoms in total. The third-order valence-electron chi connectivity index (χ3n) is 4.40. The Morgan fingerprint density at radius 3 is 2.40 bits per heavy atom. The number of carboxylic acid groups (broad SMARTS) is 1. The minimum absolute atomic E-state index is 0.128. The van der Waals surface area contributed by atoms with Crippen molar-refractivity contribution in [3.05, 3.63) is 29.8 Å². The van der Waals surface area contributed by atoms with Crippen LogP contribution in [0.15, 0.2) is 24.3 Å². The van der Waals surface area contributed by atoms with Gasteiger partial charge in [0.05, 0.1) is 5.92 Å². The molecule has 2 rings (SSSR count). The number of anilines is 1. The van der Waals surface area contributed by atoms with Crippen LogP contribution in [0.3, 0.4) is 0 Å². The molecule has 0 bridgehead atoms. The third kappa shape index (κ3) is 3.97. The number of benzene rings is 1. The first-order valence-electron chi connectivity index (χ1n) is 7.33. The average Bonchev–Trinajstić information content (AvgIpc) is 2.46. The number of hydrogen-bond donors (Lipinski definition) is 2. The van der Waals surface area contributed by atoms with E-state index in [1.165, 1.54) is 5.56 Å². The number of aliphatic carboxylic acids is 1. The number of nitrogens with two attached hydrogens (primary N) is 1. The molecule has 0 saturated heterocycles. The first kappa shape index (κ1) is 14.9. The molecule has 1 fully saturated rings. The van der Waals surface area contributed by atoms with Crippen molar-refractivity contribution >= 4 is 11.7 Å². The maximum absolute atomic E-state index is 10.9. The third-order valence-corrected chi connectivity index (χ3v) is 4.40. The van der Waals surface area contributed by atoms with Crippen molar-refractivity contribution in [2.24, 2.45) is 5.92 Å². The molecule has 20 heavy (non-hydrogen) atoms. The summed E-state index contributed by atoms with van der Waals surface area (Å²) in [4.78, 5) is 13.3. The van der Waals surface area contributed by atoms with Crippen LogP contribution in [0.5, 0.6) is 0 Å². The van der Waals surface area contributed by atoms with E-state index in [0.29, 0.717) is 6.04 Å². The summed E-state index contributed by atoms with van der Waals surface area (Å²) in [6, 6.07) is 8.55. The normalized spacial score (nSPS) is 22.9. The number of carbonyl (C=O) groups is 1. The van der Waals surface area contributed by atoms with Crippen LogP contribution >= 0.6 is 0 Å². The maximum Gasteiger partial charge on any atom is 0.306 e. The molecule has 4 heteroatoms. The summed E-state index contributed by atoms with van der Waals surface area (Å²) in [5, 5.41) is 9.01. The highest BCUT2D eigenvalue weighted by Crippen LogP contribution is 2.27. The zero-order valence-corrected chi connectivity index (χ0v) is 12.1. The lowest BCUT2D eigenvalue weighted by molar-refractivity contribution is -0.143. The van der Waals surface area contributed by atoms with Gasteiger partial charge in [0.25, 0.3) is 0 Å². The molecule has 1 saturated carbocycles. The fourth-order valence-corrected chi connectivity index (χ4v) is 2.94. The van der Waals surface area contributed by atoms with Gasteiger partial charge in [0.1, 0.15) is 0 Å². The van der Waals surface area contributed by atoms with Crippen molar-refractivity contribution in [2.45, 2.75) is 38.1 Å². The molecule has 110 valence electrons. The Balaban J connectivity index is 1.76. The molecule has 0 spiro atoms. The molecule has 0 heterocycles. The smallest absolute Gasteiger partial charge is 0.306 e. The minimum atomic E-state index is -0.632. The number of carboxylic acids is 1. The second-order valence-corrected chi connectivity index (χ2v) is 5.82. The molecule has 0 unspecified atom stereocenters. The quantitative estimate of drug-likeness (QED) is 0.810. The maximum atomic E-state index is 10.9. The predicted octanol–water partition coefficient (Wildman–Crippen LogP) is 2.39. The van der Waals surface area contributed by atoms with Gasteiger partial charge in [-0.3, -0.25) is 4.79 Å². The summed E-state index contributed by atoms with van der Waals surface area (Å²) in [5.74, 6) is -0.760. The summed E-state index contributed by atoms with van der Waals surface area (Å²) < 4.78 is 0. The summed E-state index contributed by atoms with van der Waals surface area (Å²) in [6.45, 7) is 1.01. The van der Waals surface area contributed by atoms with E-state index < -0.39 is 5.97 Å². The fourth-order valence-electron chi connectivity index (χ4n) is 2.94. The molecular weight excluding hydrogens is 252 g/mol. The Morgan fingerprint density at radius 1 is 1.25 bits per heavy atom. The number of hydrogen-bond acceptors (Lipinski definition) is 3. The van der Waals surface area contributed by atoms with E-state index in [1.54, 1.807) is 0 Å². The second-order valence-electron chi connectivity index (χ2n) is 5.82. The predicted molar refractivity (Wildman–Crippen MR) is 80.6 cm³/mol. The zero-order valence-electron chi connectivity index (χ0n) is 12.1. The molecule has 0 radical (unpaired) electrons. The molecule has 1 aliphatic carbocycles. The number of rotatable bonds is 5. The number of likely N-dealkylation sites (N-methyl/N-ethyl adjacent to an activating group) is 1. The molecule has 0 aromatic heterocycles. The van der Waals surface area contributed by atoms with Crippen LogP contribution in [-0.2, 0) is 11.2 Å². The Bertz CT molecular complexity index is 436. The Kier molecular flexibility index (Phi) is 5.01. The molecule has 0 amide bonds. The van der Waals surface area contributed by atoms with E-state index in [-0.39, 0.29) is 5.92 Å². The van der Waals surface area contributed by atoms with Gasteiger partial charge < -0.3 is 15.7 Å². The van der Waals surface area contributed by atoms with E-state index in [9.17, 15) is 4.79 Å². The lowest BCUT2D eigenvalue weighted by atomic mass is 9.85. The van der Waals surface area contributed by atoms with Crippen molar-refractivity contribution in [2.75, 3.05) is 19.3 Å². The van der Waals surface area contributed by atoms with Crippen LogP contribution in [0.2, 0.25) is 0 Å². The topological polar surface area (TPSA) is 66.6 Å². The van der Waals surface area contributed by atoms with Gasteiger partial charge in [0.15, 0.2) is 0 Å². The summed E-state index contributed by atoms with van der Waals surface area (Å²) in [6.07, 6.45) is 4.62. The summed E-state index contributed by atoms with van der Waals surface area (Å²) >= 11 is 0. The van der Waals surface area contributed by atoms with Crippen molar-refractivity contribution in [3.63, 3.8) is 0 Å². The SMILES string of the molecule is CN(CCc1ccc(N)cc1)C1CCC(C(=O)O)CC1. The van der Waals surface area contributed by atoms with Crippen molar-refractivity contribution in [1.29, 1.82) is 0 Å². The summed E-state index contributed by atoms with van der Waals surface area (Å²) in [7, 11) is 2.14. The van der Waals surface area contributed by atoms with Crippen LogP contribution in [0.4, 0.5) is 5.69 Å². The highest BCUT2D eigenvalue weighted by atomic mass is 16.4. The van der Waals surface area contributed by atoms with Gasteiger partial charge in [-0.05, 0) is 56.8 Å². The molecule has 1 aromatic rings. The van der Waals surface area contributed by atoms with E-state index >= 15 is 0 Å². The van der Waals surface area contributed by atoms with Gasteiger partial charge in [-0.2, -0.15) is 0 Å². The van der Waals surface area contributed by atoms with Crippen molar-refractivity contribution in [3.8, 4) is 0 Å². The number of nitrogen functional groups attached to an aromatic ring is 1. The highest BCUT2D eigenvalue weighted by molar-refractivity contribution is 5.70. The van der Waals surface area contributed by atoms with Crippen molar-refractivity contribution < 1.29 is 9.90 Å². The van der Waals surface area contributed by atoms with E-state index in [1.807, 2.05) is 12.1 Å². The molecular formula is C16H24N2O2. The van der Waals surface area contributed by atoms with E-state index in [4.69, 9.17) is 10.8 Å². The van der Waals surface area contributed by atoms with Gasteiger partial charge in [0.2, 0.25) is 0 Å². The van der Waals surface area contributed by atoms with Crippen molar-refractivity contribution in [1.82, 2.24) is 4.90 Å². The number of nitrogens with zero attached hydrogens (tertiary/aromatic N) is 1. The van der Waals surface area contributed by atoms with Gasteiger partial charge in [-0.25, -0.2) is 0 Å². The van der Waals surface area contributed by atoms with Gasteiger partial charge in [0, 0.05) is 18.3 Å². The fraction of sp³-hybridized carbons (Fsp3) is 0.562. The van der Waals surface area contributed by atoms with E-state index in [2.05, 4.69) is 24.1 Å². The van der Waals surface area contributed by atoms with Crippen LogP contribution in [0.25, 0.3) is 0 Å². The molecule has 3 N–H and O–H groups in total. The second kappa shape index (κ2) is 6.75. The Hall–Kier alpha value is -1.55. The lowest BCUT2D eigenvalue weighted by Gasteiger charge is -2.33. The van der Waals surface area contributed by atoms with E-state index in [0.717, 1.165) is 44.3 Å². The van der Waals surface area contributed by atoms with Gasteiger partial charge in [-0.1, -0.05) is 12.1 Å². The van der Waals surface area contributed by atoms with Gasteiger partial charge >= 0.3 is 5.97 Å². The molecule has 0 aliphatic heterocycles. The lowest BCUT2D eigenvalue weighted by Crippen LogP contribution is -2.37. The molecule has 0 atom stereocenters. The van der Waals surface area contributed by atoms with Gasteiger partial charge in [-0.15, -0.1) is 0 Å². The van der Waals surface area contributed by atoms with Crippen LogP contribution in [-0.4, -0.2) is 35.6 Å². The standard InChI is InChI=1S/C16H24N2O2/c1-18(11-10-12-2-6-14(17)7-3-12)15-8-4-13(5-9-15)16(19)20/h2-3,6-7,13,15H,4-5,8-11,17H2,1H3,(H,19,20). The molecule has 1 aromatic carbocycles. The molecule has 1 aliphatic rings. The zero-order chi connectivity index (χ0) is 14.5. The highest BCUT2D eigenvalue weighted by Gasteiger charge is 2.27. The Labute approximate surface area is 120 Å². The first-order valence-corrected chi connectivity index (χ1v) is 7.33. The largest absolute Gasteiger partial charge is 0.481 e. The van der Waals surface area contributed by atoms with Crippen LogP contribution in [0.1, 0.15) is 31.2 Å². The average molecular weight is 276 g/mol.